The summed E-state index contributed by atoms with van der Waals surface area (Å²) in [4.78, 5) is 16.2. The third-order valence-electron chi connectivity index (χ3n) is 4.30. The SMILES string of the molecule is CCNC(=NCc1ccccc1CS(=O)(=O)NC(C)C)NCCNC(=O)C1CC1.I. The van der Waals surface area contributed by atoms with Crippen LogP contribution < -0.4 is 20.7 Å². The highest BCUT2D eigenvalue weighted by atomic mass is 127. The molecule has 1 saturated carbocycles. The molecule has 8 nitrogen and oxygen atoms in total. The van der Waals surface area contributed by atoms with Crippen LogP contribution in [0.5, 0.6) is 0 Å². The van der Waals surface area contributed by atoms with Crippen molar-refractivity contribution in [1.82, 2.24) is 20.7 Å². The summed E-state index contributed by atoms with van der Waals surface area (Å²) in [5.74, 6) is 0.883. The number of hydrogen-bond donors (Lipinski definition) is 4. The zero-order valence-electron chi connectivity index (χ0n) is 17.9. The number of aliphatic imine (C=N–C) groups is 1. The van der Waals surface area contributed by atoms with Crippen LogP contribution >= 0.6 is 24.0 Å². The van der Waals surface area contributed by atoms with Crippen LogP contribution in [0.15, 0.2) is 29.3 Å². The lowest BCUT2D eigenvalue weighted by Crippen LogP contribution is -2.41. The van der Waals surface area contributed by atoms with Gasteiger partial charge >= 0.3 is 0 Å². The molecule has 1 amide bonds. The number of nitrogens with zero attached hydrogens (tertiary/aromatic N) is 1. The number of sulfonamides is 1. The van der Waals surface area contributed by atoms with Crippen molar-refractivity contribution in [2.45, 2.75) is 52.0 Å². The number of guanidine groups is 1. The summed E-state index contributed by atoms with van der Waals surface area (Å²) in [5.41, 5.74) is 1.60. The van der Waals surface area contributed by atoms with Crippen molar-refractivity contribution in [3.8, 4) is 0 Å². The monoisotopic (exact) mass is 551 g/mol. The normalized spacial score (nSPS) is 14.2. The molecule has 0 spiro atoms. The average molecular weight is 551 g/mol. The summed E-state index contributed by atoms with van der Waals surface area (Å²) in [5, 5.41) is 9.27. The Hall–Kier alpha value is -1.40. The summed E-state index contributed by atoms with van der Waals surface area (Å²) in [6.07, 6.45) is 1.98. The minimum atomic E-state index is -3.40. The molecule has 0 atom stereocenters. The molecule has 170 valence electrons. The van der Waals surface area contributed by atoms with Gasteiger partial charge < -0.3 is 16.0 Å². The quantitative estimate of drug-likeness (QED) is 0.145. The molecule has 0 bridgehead atoms. The lowest BCUT2D eigenvalue weighted by molar-refractivity contribution is -0.122. The minimum Gasteiger partial charge on any atom is -0.357 e. The lowest BCUT2D eigenvalue weighted by Gasteiger charge is -2.14. The molecule has 1 fully saturated rings. The van der Waals surface area contributed by atoms with E-state index in [0.717, 1.165) is 24.0 Å². The van der Waals surface area contributed by atoms with Gasteiger partial charge in [0.05, 0.1) is 12.3 Å². The summed E-state index contributed by atoms with van der Waals surface area (Å²) in [7, 11) is -3.40. The van der Waals surface area contributed by atoms with Crippen LogP contribution in [0.25, 0.3) is 0 Å². The topological polar surface area (TPSA) is 112 Å². The maximum Gasteiger partial charge on any atom is 0.223 e. The number of amides is 1. The Morgan fingerprint density at radius 1 is 1.10 bits per heavy atom. The van der Waals surface area contributed by atoms with Gasteiger partial charge in [-0.1, -0.05) is 24.3 Å². The van der Waals surface area contributed by atoms with E-state index in [1.807, 2.05) is 31.2 Å². The number of halogens is 1. The van der Waals surface area contributed by atoms with E-state index < -0.39 is 10.0 Å². The van der Waals surface area contributed by atoms with E-state index in [0.29, 0.717) is 32.1 Å². The van der Waals surface area contributed by atoms with Gasteiger partial charge in [0.2, 0.25) is 15.9 Å². The predicted octanol–water partition coefficient (Wildman–Crippen LogP) is 1.71. The second-order valence-electron chi connectivity index (χ2n) is 7.49. The standard InChI is InChI=1S/C20H33N5O3S.HI/c1-4-21-20(23-12-11-22-19(26)16-9-10-16)24-13-17-7-5-6-8-18(17)14-29(27,28)25-15(2)3;/h5-8,15-16,25H,4,9-14H2,1-3H3,(H,22,26)(H2,21,23,24);1H. The van der Waals surface area contributed by atoms with Gasteiger partial charge in [-0.05, 0) is 44.7 Å². The molecule has 0 saturated heterocycles. The second kappa shape index (κ2) is 13.1. The van der Waals surface area contributed by atoms with Crippen molar-refractivity contribution >= 4 is 45.9 Å². The third kappa shape index (κ3) is 10.1. The molecular weight excluding hydrogens is 517 g/mol. The van der Waals surface area contributed by atoms with Gasteiger partial charge in [-0.25, -0.2) is 18.1 Å². The molecule has 0 aromatic heterocycles. The Kier molecular flexibility index (Phi) is 11.6. The third-order valence-corrected chi connectivity index (χ3v) is 5.82. The second-order valence-corrected chi connectivity index (χ2v) is 9.24. The van der Waals surface area contributed by atoms with Crippen LogP contribution in [0.3, 0.4) is 0 Å². The first-order valence-corrected chi connectivity index (χ1v) is 11.8. The highest BCUT2D eigenvalue weighted by Gasteiger charge is 2.28. The van der Waals surface area contributed by atoms with E-state index in [9.17, 15) is 13.2 Å². The summed E-state index contributed by atoms with van der Waals surface area (Å²) in [6.45, 7) is 7.74. The van der Waals surface area contributed by atoms with Crippen LogP contribution in [-0.4, -0.2) is 46.0 Å². The van der Waals surface area contributed by atoms with Crippen molar-refractivity contribution in [2.24, 2.45) is 10.9 Å². The predicted molar refractivity (Wildman–Crippen MR) is 131 cm³/mol. The Bertz CT molecular complexity index is 810. The fourth-order valence-corrected chi connectivity index (χ4v) is 4.31. The largest absolute Gasteiger partial charge is 0.357 e. The van der Waals surface area contributed by atoms with Crippen LogP contribution in [0.1, 0.15) is 44.7 Å². The molecule has 2 rings (SSSR count). The van der Waals surface area contributed by atoms with E-state index in [2.05, 4.69) is 25.7 Å². The zero-order chi connectivity index (χ0) is 21.3. The molecule has 4 N–H and O–H groups in total. The van der Waals surface area contributed by atoms with E-state index in [-0.39, 0.29) is 47.6 Å². The van der Waals surface area contributed by atoms with E-state index in [1.54, 1.807) is 13.8 Å². The minimum absolute atomic E-state index is 0. The van der Waals surface area contributed by atoms with Crippen LogP contribution in [-0.2, 0) is 27.1 Å². The summed E-state index contributed by atoms with van der Waals surface area (Å²) >= 11 is 0. The van der Waals surface area contributed by atoms with Crippen molar-refractivity contribution in [2.75, 3.05) is 19.6 Å². The fourth-order valence-electron chi connectivity index (χ4n) is 2.82. The van der Waals surface area contributed by atoms with Gasteiger partial charge in [0.1, 0.15) is 0 Å². The Morgan fingerprint density at radius 2 is 1.73 bits per heavy atom. The maximum absolute atomic E-state index is 12.3. The van der Waals surface area contributed by atoms with Gasteiger partial charge in [-0.3, -0.25) is 4.79 Å². The first kappa shape index (κ1) is 26.6. The molecule has 0 aliphatic heterocycles. The van der Waals surface area contributed by atoms with Gasteiger partial charge in [0.25, 0.3) is 0 Å². The molecule has 1 aromatic carbocycles. The Labute approximate surface area is 197 Å². The van der Waals surface area contributed by atoms with Gasteiger partial charge in [0, 0.05) is 31.6 Å². The van der Waals surface area contributed by atoms with Crippen LogP contribution in [0, 0.1) is 5.92 Å². The molecule has 1 aliphatic carbocycles. The van der Waals surface area contributed by atoms with Gasteiger partial charge in [0.15, 0.2) is 5.96 Å². The van der Waals surface area contributed by atoms with Crippen molar-refractivity contribution in [1.29, 1.82) is 0 Å². The number of carbonyl (C=O) groups excluding carboxylic acids is 1. The van der Waals surface area contributed by atoms with E-state index in [4.69, 9.17) is 0 Å². The molecule has 10 heteroatoms. The van der Waals surface area contributed by atoms with Gasteiger partial charge in [-0.2, -0.15) is 0 Å². The van der Waals surface area contributed by atoms with Crippen molar-refractivity contribution < 1.29 is 13.2 Å². The fraction of sp³-hybridized carbons (Fsp3) is 0.600. The smallest absolute Gasteiger partial charge is 0.223 e. The van der Waals surface area contributed by atoms with Crippen LogP contribution in [0.2, 0.25) is 0 Å². The molecule has 0 radical (unpaired) electrons. The Morgan fingerprint density at radius 3 is 2.33 bits per heavy atom. The maximum atomic E-state index is 12.3. The first-order chi connectivity index (χ1) is 13.8. The number of hydrogen-bond acceptors (Lipinski definition) is 4. The zero-order valence-corrected chi connectivity index (χ0v) is 21.0. The molecule has 0 unspecified atom stereocenters. The number of nitrogens with one attached hydrogen (secondary N) is 4. The van der Waals surface area contributed by atoms with Crippen LogP contribution in [0.4, 0.5) is 0 Å². The molecule has 30 heavy (non-hydrogen) atoms. The number of carbonyl (C=O) groups is 1. The molecular formula is C20H34IN5O3S. The highest BCUT2D eigenvalue weighted by Crippen LogP contribution is 2.28. The lowest BCUT2D eigenvalue weighted by atomic mass is 10.1. The summed E-state index contributed by atoms with van der Waals surface area (Å²) < 4.78 is 27.2. The highest BCUT2D eigenvalue weighted by molar-refractivity contribution is 14.0. The molecule has 1 aliphatic rings. The van der Waals surface area contributed by atoms with E-state index in [1.165, 1.54) is 0 Å². The first-order valence-electron chi connectivity index (χ1n) is 10.2. The Balaban J connectivity index is 0.00000450. The molecule has 1 aromatic rings. The van der Waals surface area contributed by atoms with Crippen molar-refractivity contribution in [3.63, 3.8) is 0 Å². The number of rotatable bonds is 11. The van der Waals surface area contributed by atoms with E-state index >= 15 is 0 Å². The average Bonchev–Trinajstić information content (AvgIpc) is 3.47. The van der Waals surface area contributed by atoms with Crippen molar-refractivity contribution in [3.05, 3.63) is 35.4 Å². The van der Waals surface area contributed by atoms with Gasteiger partial charge in [-0.15, -0.1) is 24.0 Å². The molecule has 0 heterocycles. The summed E-state index contributed by atoms with van der Waals surface area (Å²) in [6, 6.07) is 7.28. The number of benzene rings is 1.